The Labute approximate surface area is 63.0 Å². The first kappa shape index (κ1) is 6.15. The highest BCUT2D eigenvalue weighted by Crippen LogP contribution is 2.18. The lowest BCUT2D eigenvalue weighted by atomic mass is 10.3. The molecule has 0 aliphatic heterocycles. The molecule has 2 aromatic heterocycles. The molecule has 0 saturated carbocycles. The van der Waals surface area contributed by atoms with Crippen molar-refractivity contribution in [1.29, 1.82) is 0 Å². The maximum absolute atomic E-state index is 5.66. The molecule has 0 aliphatic rings. The lowest BCUT2D eigenvalue weighted by Gasteiger charge is -1.94. The Morgan fingerprint density at radius 2 is 2.36 bits per heavy atom. The van der Waals surface area contributed by atoms with Crippen LogP contribution in [0.2, 0.25) is 0 Å². The molecule has 0 spiro atoms. The summed E-state index contributed by atoms with van der Waals surface area (Å²) >= 11 is 0. The van der Waals surface area contributed by atoms with Crippen molar-refractivity contribution in [3.05, 3.63) is 18.0 Å². The van der Waals surface area contributed by atoms with Gasteiger partial charge in [0.05, 0.1) is 11.6 Å². The smallest absolute Gasteiger partial charge is 0.259 e. The second-order valence-electron chi connectivity index (χ2n) is 2.40. The van der Waals surface area contributed by atoms with Crippen LogP contribution < -0.4 is 5.73 Å². The van der Waals surface area contributed by atoms with E-state index in [2.05, 4.69) is 10.1 Å². The van der Waals surface area contributed by atoms with Gasteiger partial charge in [0.2, 0.25) is 0 Å². The molecule has 0 aliphatic carbocycles. The standard InChI is InChI=1S/C7H7N3O/c1-4-2-6(8)5-3-9-11-7(5)10-4/h2-3H,1H3,(H2,8,10). The number of aryl methyl sites for hydroxylation is 1. The fraction of sp³-hybridized carbons (Fsp3) is 0.143. The highest BCUT2D eigenvalue weighted by Gasteiger charge is 2.03. The number of nitrogens with two attached hydrogens (primary N) is 1. The monoisotopic (exact) mass is 149 g/mol. The molecule has 4 nitrogen and oxygen atoms in total. The van der Waals surface area contributed by atoms with Crippen molar-refractivity contribution in [2.45, 2.75) is 6.92 Å². The van der Waals surface area contributed by atoms with Gasteiger partial charge in [0.25, 0.3) is 5.71 Å². The molecule has 0 unspecified atom stereocenters. The SMILES string of the molecule is Cc1cc(N)c2cnoc2n1. The highest BCUT2D eigenvalue weighted by molar-refractivity contribution is 5.85. The number of nitrogen functional groups attached to an aromatic ring is 1. The first-order chi connectivity index (χ1) is 5.27. The van der Waals surface area contributed by atoms with Crippen LogP contribution in [0.1, 0.15) is 5.69 Å². The average molecular weight is 149 g/mol. The van der Waals surface area contributed by atoms with Gasteiger partial charge in [0.1, 0.15) is 0 Å². The van der Waals surface area contributed by atoms with Crippen LogP contribution in [0.3, 0.4) is 0 Å². The van der Waals surface area contributed by atoms with Gasteiger partial charge in [-0.3, -0.25) is 0 Å². The molecular formula is C7H7N3O. The molecular weight excluding hydrogens is 142 g/mol. The Hall–Kier alpha value is -1.58. The number of nitrogens with zero attached hydrogens (tertiary/aromatic N) is 2. The summed E-state index contributed by atoms with van der Waals surface area (Å²) in [6.45, 7) is 1.86. The zero-order chi connectivity index (χ0) is 7.84. The average Bonchev–Trinajstić information content (AvgIpc) is 2.34. The maximum Gasteiger partial charge on any atom is 0.259 e. The van der Waals surface area contributed by atoms with Crippen LogP contribution in [-0.2, 0) is 0 Å². The molecule has 2 rings (SSSR count). The molecule has 11 heavy (non-hydrogen) atoms. The Morgan fingerprint density at radius 1 is 1.55 bits per heavy atom. The van der Waals surface area contributed by atoms with Crippen molar-refractivity contribution in [3.63, 3.8) is 0 Å². The molecule has 0 aromatic carbocycles. The summed E-state index contributed by atoms with van der Waals surface area (Å²) in [5.41, 5.74) is 7.66. The van der Waals surface area contributed by atoms with Crippen LogP contribution in [0.15, 0.2) is 16.8 Å². The molecule has 2 aromatic rings. The predicted octanol–water partition coefficient (Wildman–Crippen LogP) is 1.11. The van der Waals surface area contributed by atoms with Crippen LogP contribution in [0.25, 0.3) is 11.1 Å². The van der Waals surface area contributed by atoms with Crippen molar-refractivity contribution < 1.29 is 4.52 Å². The van der Waals surface area contributed by atoms with E-state index in [9.17, 15) is 0 Å². The molecule has 0 fully saturated rings. The molecule has 0 amide bonds. The lowest BCUT2D eigenvalue weighted by Crippen LogP contribution is -1.88. The van der Waals surface area contributed by atoms with Crippen molar-refractivity contribution >= 4 is 16.8 Å². The van der Waals surface area contributed by atoms with Crippen LogP contribution in [0, 0.1) is 6.92 Å². The van der Waals surface area contributed by atoms with E-state index in [0.717, 1.165) is 11.1 Å². The second kappa shape index (κ2) is 1.95. The van der Waals surface area contributed by atoms with Crippen molar-refractivity contribution in [2.24, 2.45) is 0 Å². The third-order valence-corrected chi connectivity index (χ3v) is 1.50. The summed E-state index contributed by atoms with van der Waals surface area (Å²) in [6, 6.07) is 1.79. The molecule has 0 bridgehead atoms. The Morgan fingerprint density at radius 3 is 3.18 bits per heavy atom. The van der Waals surface area contributed by atoms with E-state index >= 15 is 0 Å². The third kappa shape index (κ3) is 0.832. The zero-order valence-corrected chi connectivity index (χ0v) is 6.03. The lowest BCUT2D eigenvalue weighted by molar-refractivity contribution is 0.448. The second-order valence-corrected chi connectivity index (χ2v) is 2.40. The first-order valence-electron chi connectivity index (χ1n) is 3.25. The van der Waals surface area contributed by atoms with Crippen LogP contribution in [0.4, 0.5) is 5.69 Å². The van der Waals surface area contributed by atoms with Gasteiger partial charge in [-0.1, -0.05) is 5.16 Å². The fourth-order valence-corrected chi connectivity index (χ4v) is 1.01. The van der Waals surface area contributed by atoms with Crippen LogP contribution >= 0.6 is 0 Å². The van der Waals surface area contributed by atoms with Gasteiger partial charge < -0.3 is 10.3 Å². The summed E-state index contributed by atoms with van der Waals surface area (Å²) in [7, 11) is 0. The van der Waals surface area contributed by atoms with E-state index in [4.69, 9.17) is 10.3 Å². The molecule has 2 heterocycles. The topological polar surface area (TPSA) is 64.9 Å². The van der Waals surface area contributed by atoms with Crippen LogP contribution in [-0.4, -0.2) is 10.1 Å². The summed E-state index contributed by atoms with van der Waals surface area (Å²) in [4.78, 5) is 4.09. The largest absolute Gasteiger partial charge is 0.398 e. The van der Waals surface area contributed by atoms with Gasteiger partial charge in [-0.25, -0.2) is 4.98 Å². The Kier molecular flexibility index (Phi) is 1.09. The van der Waals surface area contributed by atoms with Gasteiger partial charge in [-0.15, -0.1) is 0 Å². The third-order valence-electron chi connectivity index (χ3n) is 1.50. The number of hydrogen-bond donors (Lipinski definition) is 1. The molecule has 0 radical (unpaired) electrons. The van der Waals surface area contributed by atoms with Crippen LogP contribution in [0.5, 0.6) is 0 Å². The highest BCUT2D eigenvalue weighted by atomic mass is 16.5. The summed E-state index contributed by atoms with van der Waals surface area (Å²) in [6.07, 6.45) is 1.57. The quantitative estimate of drug-likeness (QED) is 0.609. The number of aromatic nitrogens is 2. The molecule has 0 atom stereocenters. The summed E-state index contributed by atoms with van der Waals surface area (Å²) in [5, 5.41) is 4.36. The number of pyridine rings is 1. The minimum atomic E-state index is 0.502. The number of anilines is 1. The van der Waals surface area contributed by atoms with E-state index in [1.165, 1.54) is 0 Å². The predicted molar refractivity (Wildman–Crippen MR) is 41.0 cm³/mol. The first-order valence-corrected chi connectivity index (χ1v) is 3.25. The number of rotatable bonds is 0. The van der Waals surface area contributed by atoms with E-state index in [0.29, 0.717) is 11.4 Å². The fourth-order valence-electron chi connectivity index (χ4n) is 1.01. The molecule has 4 heteroatoms. The minimum absolute atomic E-state index is 0.502. The Bertz CT molecular complexity index is 393. The van der Waals surface area contributed by atoms with Crippen molar-refractivity contribution in [1.82, 2.24) is 10.1 Å². The van der Waals surface area contributed by atoms with E-state index in [-0.39, 0.29) is 0 Å². The van der Waals surface area contributed by atoms with Crippen molar-refractivity contribution in [3.8, 4) is 0 Å². The normalized spacial score (nSPS) is 10.6. The van der Waals surface area contributed by atoms with E-state index < -0.39 is 0 Å². The zero-order valence-electron chi connectivity index (χ0n) is 6.03. The van der Waals surface area contributed by atoms with Gasteiger partial charge in [0, 0.05) is 11.4 Å². The van der Waals surface area contributed by atoms with Crippen molar-refractivity contribution in [2.75, 3.05) is 5.73 Å². The summed E-state index contributed by atoms with van der Waals surface area (Å²) < 4.78 is 4.84. The van der Waals surface area contributed by atoms with Gasteiger partial charge in [-0.2, -0.15) is 0 Å². The Balaban J connectivity index is 2.91. The number of hydrogen-bond acceptors (Lipinski definition) is 4. The molecule has 2 N–H and O–H groups in total. The summed E-state index contributed by atoms with van der Waals surface area (Å²) in [5.74, 6) is 0. The number of fused-ring (bicyclic) bond motifs is 1. The van der Waals surface area contributed by atoms with E-state index in [1.807, 2.05) is 6.92 Å². The maximum atomic E-state index is 5.66. The van der Waals surface area contributed by atoms with Gasteiger partial charge >= 0.3 is 0 Å². The van der Waals surface area contributed by atoms with Gasteiger partial charge in [0.15, 0.2) is 0 Å². The van der Waals surface area contributed by atoms with E-state index in [1.54, 1.807) is 12.3 Å². The molecule has 56 valence electrons. The molecule has 0 saturated heterocycles. The van der Waals surface area contributed by atoms with Gasteiger partial charge in [-0.05, 0) is 13.0 Å². The minimum Gasteiger partial charge on any atom is -0.398 e.